The first-order valence-electron chi connectivity index (χ1n) is 8.00. The van der Waals surface area contributed by atoms with Crippen LogP contribution in [-0.4, -0.2) is 9.75 Å². The van der Waals surface area contributed by atoms with Crippen LogP contribution in [0, 0.1) is 17.8 Å². The van der Waals surface area contributed by atoms with Gasteiger partial charge in [-0.2, -0.15) is 0 Å². The Labute approximate surface area is 140 Å². The fraction of sp³-hybridized carbons (Fsp3) is 0.647. The number of nitrogens with zero attached hydrogens (tertiary/aromatic N) is 3. The molecule has 0 amide bonds. The van der Waals surface area contributed by atoms with Crippen LogP contribution in [0.4, 0.5) is 0 Å². The van der Waals surface area contributed by atoms with Gasteiger partial charge in [0.2, 0.25) is 0 Å². The summed E-state index contributed by atoms with van der Waals surface area (Å²) in [5.74, 6) is 1.30. The van der Waals surface area contributed by atoms with Crippen LogP contribution < -0.4 is 0 Å². The molecule has 0 N–H and O–H groups in total. The molecule has 116 valence electrons. The highest BCUT2D eigenvalue weighted by Gasteiger charge is 2.63. The first kappa shape index (κ1) is 14.7. The quantitative estimate of drug-likeness (QED) is 0.288. The molecule has 1 aromatic rings. The lowest BCUT2D eigenvalue weighted by Gasteiger charge is -2.62. The highest BCUT2D eigenvalue weighted by atomic mass is 35.5. The Balaban J connectivity index is 1.76. The summed E-state index contributed by atoms with van der Waals surface area (Å²) in [7, 11) is 0. The number of hydrogen-bond acceptors (Lipinski definition) is 1. The Bertz CT molecular complexity index is 630. The van der Waals surface area contributed by atoms with Gasteiger partial charge in [0, 0.05) is 9.79 Å². The molecule has 0 unspecified atom stereocenters. The molecule has 0 radical (unpaired) electrons. The van der Waals surface area contributed by atoms with Crippen molar-refractivity contribution in [2.75, 3.05) is 0 Å². The van der Waals surface area contributed by atoms with Crippen molar-refractivity contribution in [1.29, 1.82) is 0 Å². The second kappa shape index (κ2) is 5.06. The molecule has 0 aliphatic heterocycles. The lowest BCUT2D eigenvalue weighted by atomic mass is 9.49. The predicted octanol–water partition coefficient (Wildman–Crippen LogP) is 5.83. The summed E-state index contributed by atoms with van der Waals surface area (Å²) in [4.78, 5) is 2.68. The summed E-state index contributed by atoms with van der Waals surface area (Å²) < 4.78 is 0. The number of hydrogen-bond donors (Lipinski definition) is 0. The van der Waals surface area contributed by atoms with E-state index in [1.165, 1.54) is 6.42 Å². The number of halogens is 2. The van der Waals surface area contributed by atoms with E-state index in [1.807, 2.05) is 30.3 Å². The normalized spacial score (nSPS) is 43.6. The van der Waals surface area contributed by atoms with Crippen LogP contribution >= 0.6 is 23.2 Å². The summed E-state index contributed by atoms with van der Waals surface area (Å²) >= 11 is 13.9. The van der Waals surface area contributed by atoms with Crippen LogP contribution in [0.25, 0.3) is 10.4 Å². The first-order valence-corrected chi connectivity index (χ1v) is 8.76. The van der Waals surface area contributed by atoms with Crippen LogP contribution in [0.15, 0.2) is 35.4 Å². The molecular formula is C17H19Cl2N3. The van der Waals surface area contributed by atoms with Crippen LogP contribution in [0.3, 0.4) is 0 Å². The summed E-state index contributed by atoms with van der Waals surface area (Å²) in [5, 5.41) is 4.16. The molecule has 4 saturated carbocycles. The Morgan fingerprint density at radius 2 is 1.95 bits per heavy atom. The van der Waals surface area contributed by atoms with E-state index in [2.05, 4.69) is 10.0 Å². The van der Waals surface area contributed by atoms with E-state index in [1.54, 1.807) is 0 Å². The maximum Gasteiger partial charge on any atom is 0.0672 e. The lowest BCUT2D eigenvalue weighted by molar-refractivity contribution is -0.0186. The highest BCUT2D eigenvalue weighted by molar-refractivity contribution is 6.28. The third-order valence-electron chi connectivity index (χ3n) is 5.92. The minimum atomic E-state index is -0.319. The molecule has 4 fully saturated rings. The van der Waals surface area contributed by atoms with Crippen molar-refractivity contribution in [3.8, 4) is 0 Å². The lowest BCUT2D eigenvalue weighted by Crippen LogP contribution is -2.60. The summed E-state index contributed by atoms with van der Waals surface area (Å²) in [6.07, 6.45) is 5.13. The highest BCUT2D eigenvalue weighted by Crippen LogP contribution is 2.67. The van der Waals surface area contributed by atoms with Gasteiger partial charge < -0.3 is 0 Å². The molecule has 3 nitrogen and oxygen atoms in total. The van der Waals surface area contributed by atoms with Gasteiger partial charge >= 0.3 is 0 Å². The molecule has 5 rings (SSSR count). The van der Waals surface area contributed by atoms with Gasteiger partial charge in [-0.3, -0.25) is 0 Å². The van der Waals surface area contributed by atoms with Gasteiger partial charge in [0.25, 0.3) is 0 Å². The molecule has 0 heterocycles. The van der Waals surface area contributed by atoms with Gasteiger partial charge in [0.15, 0.2) is 0 Å². The molecule has 4 aliphatic rings. The largest absolute Gasteiger partial charge is 0.119 e. The molecule has 5 heteroatoms. The third kappa shape index (κ3) is 2.22. The van der Waals surface area contributed by atoms with Gasteiger partial charge in [-0.1, -0.05) is 35.4 Å². The fourth-order valence-corrected chi connectivity index (χ4v) is 7.08. The second-order valence-corrected chi connectivity index (χ2v) is 8.98. The van der Waals surface area contributed by atoms with Crippen LogP contribution in [0.5, 0.6) is 0 Å². The van der Waals surface area contributed by atoms with Crippen molar-refractivity contribution in [1.82, 2.24) is 0 Å². The molecule has 4 aliphatic carbocycles. The standard InChI is InChI=1S/C17H19Cl2N3/c18-16-7-11-6-13(9-16)14(17(19,8-11)10-16)15(21-22-20)12-4-2-1-3-5-12/h1-5,11,13-15H,6-10H2/t11-,13+,14-,15+,16+,17+/m1/s1. The molecule has 22 heavy (non-hydrogen) atoms. The maximum atomic E-state index is 9.08. The van der Waals surface area contributed by atoms with E-state index in [4.69, 9.17) is 28.7 Å². The van der Waals surface area contributed by atoms with E-state index >= 15 is 0 Å². The first-order chi connectivity index (χ1) is 10.5. The Hall–Kier alpha value is -0.890. The smallest absolute Gasteiger partial charge is 0.0672 e. The summed E-state index contributed by atoms with van der Waals surface area (Å²) in [6, 6.07) is 9.87. The molecular weight excluding hydrogens is 317 g/mol. The maximum absolute atomic E-state index is 9.08. The predicted molar refractivity (Wildman–Crippen MR) is 89.1 cm³/mol. The molecule has 1 aromatic carbocycles. The van der Waals surface area contributed by atoms with Crippen molar-refractivity contribution >= 4 is 23.2 Å². The monoisotopic (exact) mass is 335 g/mol. The van der Waals surface area contributed by atoms with E-state index in [-0.39, 0.29) is 21.7 Å². The van der Waals surface area contributed by atoms with E-state index in [0.29, 0.717) is 11.8 Å². The van der Waals surface area contributed by atoms with Crippen molar-refractivity contribution in [3.05, 3.63) is 46.3 Å². The number of benzene rings is 1. The van der Waals surface area contributed by atoms with Gasteiger partial charge in [-0.15, -0.1) is 23.2 Å². The van der Waals surface area contributed by atoms with Crippen molar-refractivity contribution in [2.24, 2.45) is 22.9 Å². The van der Waals surface area contributed by atoms with Gasteiger partial charge in [0.05, 0.1) is 10.9 Å². The number of alkyl halides is 2. The minimum Gasteiger partial charge on any atom is -0.119 e. The topological polar surface area (TPSA) is 48.8 Å². The van der Waals surface area contributed by atoms with Crippen LogP contribution in [-0.2, 0) is 0 Å². The zero-order chi connectivity index (χ0) is 15.4. The molecule has 4 bridgehead atoms. The number of rotatable bonds is 3. The van der Waals surface area contributed by atoms with E-state index in [9.17, 15) is 0 Å². The Morgan fingerprint density at radius 1 is 1.18 bits per heavy atom. The van der Waals surface area contributed by atoms with E-state index in [0.717, 1.165) is 31.2 Å². The van der Waals surface area contributed by atoms with E-state index < -0.39 is 0 Å². The molecule has 0 spiro atoms. The molecule has 0 aromatic heterocycles. The Morgan fingerprint density at radius 3 is 2.59 bits per heavy atom. The van der Waals surface area contributed by atoms with Gasteiger partial charge in [-0.25, -0.2) is 0 Å². The third-order valence-corrected chi connectivity index (χ3v) is 6.90. The average molecular weight is 336 g/mol. The Kier molecular flexibility index (Phi) is 3.38. The zero-order valence-corrected chi connectivity index (χ0v) is 13.8. The SMILES string of the molecule is [N-]=[N+]=N[C@@H](c1ccccc1)[C@H]1[C@H]2C[C@@H]3C[C@](Cl)(C2)C[C@@]1(Cl)C3. The van der Waals surface area contributed by atoms with Crippen LogP contribution in [0.2, 0.25) is 0 Å². The zero-order valence-electron chi connectivity index (χ0n) is 12.3. The molecule has 0 saturated heterocycles. The summed E-state index contributed by atoms with van der Waals surface area (Å²) in [6.45, 7) is 0. The minimum absolute atomic E-state index is 0.123. The van der Waals surface area contributed by atoms with Crippen molar-refractivity contribution < 1.29 is 0 Å². The van der Waals surface area contributed by atoms with Crippen molar-refractivity contribution in [3.63, 3.8) is 0 Å². The molecule has 6 atom stereocenters. The van der Waals surface area contributed by atoms with Crippen LogP contribution in [0.1, 0.15) is 43.7 Å². The van der Waals surface area contributed by atoms with Crippen molar-refractivity contribution in [2.45, 2.75) is 47.9 Å². The van der Waals surface area contributed by atoms with Gasteiger partial charge in [0.1, 0.15) is 0 Å². The number of azide groups is 1. The van der Waals surface area contributed by atoms with Gasteiger partial charge in [-0.05, 0) is 61.0 Å². The average Bonchev–Trinajstić information content (AvgIpc) is 2.44. The summed E-state index contributed by atoms with van der Waals surface area (Å²) in [5.41, 5.74) is 10.1. The fourth-order valence-electron chi connectivity index (χ4n) is 5.59. The second-order valence-electron chi connectivity index (χ2n) is 7.42.